The Balaban J connectivity index is 1.57. The van der Waals surface area contributed by atoms with Crippen molar-refractivity contribution in [1.82, 2.24) is 14.8 Å². The molecule has 0 aliphatic carbocycles. The average molecular weight is 450 g/mol. The van der Waals surface area contributed by atoms with Crippen LogP contribution in [-0.2, 0) is 16.8 Å². The highest BCUT2D eigenvalue weighted by Crippen LogP contribution is 2.49. The molecule has 5 rings (SSSR count). The van der Waals surface area contributed by atoms with Gasteiger partial charge in [-0.05, 0) is 35.4 Å². The highest BCUT2D eigenvalue weighted by atomic mass is 16.5. The number of aromatic nitrogens is 1. The number of ether oxygens (including phenoxy) is 2. The van der Waals surface area contributed by atoms with Gasteiger partial charge in [-0.1, -0.05) is 19.1 Å². The molecule has 174 valence electrons. The van der Waals surface area contributed by atoms with Crippen LogP contribution in [0.3, 0.4) is 0 Å². The predicted molar refractivity (Wildman–Crippen MR) is 127 cm³/mol. The van der Waals surface area contributed by atoms with Crippen LogP contribution in [0.1, 0.15) is 36.2 Å². The topological polar surface area (TPSA) is 78.0 Å². The molecule has 7 nitrogen and oxygen atoms in total. The number of nitrogens with zero attached hydrogens (tertiary/aromatic N) is 2. The van der Waals surface area contributed by atoms with Gasteiger partial charge in [-0.2, -0.15) is 0 Å². The number of carbonyl (C=O) groups is 1. The van der Waals surface area contributed by atoms with Crippen molar-refractivity contribution in [3.8, 4) is 11.5 Å². The molecule has 1 saturated heterocycles. The minimum absolute atomic E-state index is 0.0147. The van der Waals surface area contributed by atoms with E-state index in [1.54, 1.807) is 14.2 Å². The summed E-state index contributed by atoms with van der Waals surface area (Å²) in [4.78, 5) is 20.3. The predicted octanol–water partition coefficient (Wildman–Crippen LogP) is 3.22. The monoisotopic (exact) mass is 449 g/mol. The second-order valence-corrected chi connectivity index (χ2v) is 9.16. The maximum Gasteiger partial charge on any atom is 0.222 e. The highest BCUT2D eigenvalue weighted by Gasteiger charge is 2.53. The van der Waals surface area contributed by atoms with E-state index in [0.717, 1.165) is 40.2 Å². The summed E-state index contributed by atoms with van der Waals surface area (Å²) in [5.74, 6) is 1.81. The number of aliphatic hydroxyl groups is 1. The Labute approximate surface area is 193 Å². The number of fused-ring (bicyclic) bond motifs is 4. The van der Waals surface area contributed by atoms with E-state index in [-0.39, 0.29) is 24.0 Å². The fourth-order valence-corrected chi connectivity index (χ4v) is 5.59. The van der Waals surface area contributed by atoms with Gasteiger partial charge in [0.15, 0.2) is 0 Å². The minimum atomic E-state index is -0.162. The molecule has 0 bridgehead atoms. The normalized spacial score (nSPS) is 19.4. The van der Waals surface area contributed by atoms with Gasteiger partial charge < -0.3 is 24.5 Å². The van der Waals surface area contributed by atoms with Crippen LogP contribution in [0.4, 0.5) is 0 Å². The Bertz CT molecular complexity index is 1160. The number of rotatable bonds is 6. The molecule has 33 heavy (non-hydrogen) atoms. The SMILES string of the molecule is CCC(=O)N1CC2(C1)CN(Cc1ccc(OC)cc1)[C@@H](CO)c1[nH]c3cc(OC)ccc3c12. The summed E-state index contributed by atoms with van der Waals surface area (Å²) < 4.78 is 10.7. The Hall–Kier alpha value is -3.03. The molecule has 0 unspecified atom stereocenters. The summed E-state index contributed by atoms with van der Waals surface area (Å²) in [5.41, 5.74) is 4.29. The maximum atomic E-state index is 12.4. The fourth-order valence-electron chi connectivity index (χ4n) is 5.59. The number of likely N-dealkylation sites (tertiary alicyclic amines) is 1. The number of aromatic amines is 1. The summed E-state index contributed by atoms with van der Waals surface area (Å²) in [6.07, 6.45) is 0.517. The molecule has 0 saturated carbocycles. The van der Waals surface area contributed by atoms with Crippen molar-refractivity contribution < 1.29 is 19.4 Å². The van der Waals surface area contributed by atoms with E-state index < -0.39 is 0 Å². The van der Waals surface area contributed by atoms with Crippen LogP contribution in [0.25, 0.3) is 10.9 Å². The summed E-state index contributed by atoms with van der Waals surface area (Å²) in [6.45, 7) is 4.81. The van der Waals surface area contributed by atoms with Gasteiger partial charge >= 0.3 is 0 Å². The van der Waals surface area contributed by atoms with E-state index in [0.29, 0.717) is 26.1 Å². The average Bonchev–Trinajstić information content (AvgIpc) is 3.20. The minimum Gasteiger partial charge on any atom is -0.497 e. The molecule has 2 aliphatic rings. The van der Waals surface area contributed by atoms with Crippen LogP contribution in [-0.4, -0.2) is 66.3 Å². The number of hydrogen-bond acceptors (Lipinski definition) is 5. The van der Waals surface area contributed by atoms with Gasteiger partial charge in [0.05, 0.1) is 26.9 Å². The molecule has 3 aromatic rings. The standard InChI is InChI=1S/C26H31N3O4/c1-4-23(31)29-15-26(16-29)14-28(12-17-5-7-18(32-2)8-6-17)22(13-30)25-24(26)20-10-9-19(33-3)11-21(20)27-25/h5-11,22,27,30H,4,12-16H2,1-3H3/t22-/m0/s1. The van der Waals surface area contributed by atoms with E-state index in [4.69, 9.17) is 9.47 Å². The molecular weight excluding hydrogens is 418 g/mol. The number of carbonyl (C=O) groups excluding carboxylic acids is 1. The molecular formula is C26H31N3O4. The smallest absolute Gasteiger partial charge is 0.222 e. The van der Waals surface area contributed by atoms with E-state index in [2.05, 4.69) is 28.1 Å². The lowest BCUT2D eigenvalue weighted by molar-refractivity contribution is -0.140. The third-order valence-corrected chi connectivity index (χ3v) is 7.20. The molecule has 1 amide bonds. The van der Waals surface area contributed by atoms with Gasteiger partial charge in [0.2, 0.25) is 5.91 Å². The second-order valence-electron chi connectivity index (χ2n) is 9.16. The number of nitrogens with one attached hydrogen (secondary N) is 1. The molecule has 0 radical (unpaired) electrons. The van der Waals surface area contributed by atoms with Crippen LogP contribution in [0.15, 0.2) is 42.5 Å². The number of H-pyrrole nitrogens is 1. The number of benzene rings is 2. The van der Waals surface area contributed by atoms with Gasteiger partial charge in [-0.15, -0.1) is 0 Å². The van der Waals surface area contributed by atoms with Gasteiger partial charge in [0.1, 0.15) is 11.5 Å². The third-order valence-electron chi connectivity index (χ3n) is 7.20. The third kappa shape index (κ3) is 3.56. The second kappa shape index (κ2) is 8.39. The quantitative estimate of drug-likeness (QED) is 0.604. The number of methoxy groups -OCH3 is 2. The van der Waals surface area contributed by atoms with Gasteiger partial charge in [-0.25, -0.2) is 0 Å². The lowest BCUT2D eigenvalue weighted by atomic mass is 9.68. The van der Waals surface area contributed by atoms with Crippen LogP contribution in [0, 0.1) is 0 Å². The first kappa shape index (κ1) is 21.8. The Morgan fingerprint density at radius 1 is 1.09 bits per heavy atom. The van der Waals surface area contributed by atoms with Crippen LogP contribution >= 0.6 is 0 Å². The lowest BCUT2D eigenvalue weighted by Gasteiger charge is -2.56. The van der Waals surface area contributed by atoms with Crippen LogP contribution < -0.4 is 9.47 Å². The van der Waals surface area contributed by atoms with Crippen molar-refractivity contribution in [2.75, 3.05) is 40.5 Å². The van der Waals surface area contributed by atoms with Gasteiger partial charge in [0, 0.05) is 60.7 Å². The Kier molecular flexibility index (Phi) is 5.54. The summed E-state index contributed by atoms with van der Waals surface area (Å²) in [6, 6.07) is 14.0. The maximum absolute atomic E-state index is 12.4. The van der Waals surface area contributed by atoms with E-state index in [1.807, 2.05) is 36.1 Å². The molecule has 1 fully saturated rings. The molecule has 7 heteroatoms. The van der Waals surface area contributed by atoms with Crippen molar-refractivity contribution in [2.45, 2.75) is 31.3 Å². The Morgan fingerprint density at radius 2 is 1.79 bits per heavy atom. The summed E-state index contributed by atoms with van der Waals surface area (Å²) >= 11 is 0. The van der Waals surface area contributed by atoms with E-state index in [9.17, 15) is 9.90 Å². The van der Waals surface area contributed by atoms with Crippen molar-refractivity contribution in [1.29, 1.82) is 0 Å². The van der Waals surface area contributed by atoms with E-state index in [1.165, 1.54) is 5.56 Å². The van der Waals surface area contributed by atoms with Crippen molar-refractivity contribution in [3.63, 3.8) is 0 Å². The number of aliphatic hydroxyl groups excluding tert-OH is 1. The van der Waals surface area contributed by atoms with Crippen molar-refractivity contribution >= 4 is 16.8 Å². The highest BCUT2D eigenvalue weighted by molar-refractivity contribution is 5.89. The zero-order chi connectivity index (χ0) is 23.2. The molecule has 1 aromatic heterocycles. The van der Waals surface area contributed by atoms with Crippen LogP contribution in [0.5, 0.6) is 11.5 Å². The van der Waals surface area contributed by atoms with Crippen LogP contribution in [0.2, 0.25) is 0 Å². The fraction of sp³-hybridized carbons (Fsp3) is 0.423. The molecule has 1 atom stereocenters. The molecule has 3 heterocycles. The van der Waals surface area contributed by atoms with Crippen molar-refractivity contribution in [2.24, 2.45) is 0 Å². The lowest BCUT2D eigenvalue weighted by Crippen LogP contribution is -2.67. The number of hydrogen-bond donors (Lipinski definition) is 2. The van der Waals surface area contributed by atoms with Gasteiger partial charge in [-0.3, -0.25) is 9.69 Å². The largest absolute Gasteiger partial charge is 0.497 e. The number of amides is 1. The summed E-state index contributed by atoms with van der Waals surface area (Å²) in [7, 11) is 3.33. The van der Waals surface area contributed by atoms with E-state index >= 15 is 0 Å². The van der Waals surface area contributed by atoms with Crippen molar-refractivity contribution in [3.05, 3.63) is 59.3 Å². The Morgan fingerprint density at radius 3 is 2.42 bits per heavy atom. The first-order valence-corrected chi connectivity index (χ1v) is 11.5. The van der Waals surface area contributed by atoms with Gasteiger partial charge in [0.25, 0.3) is 0 Å². The first-order valence-electron chi connectivity index (χ1n) is 11.5. The molecule has 1 spiro atoms. The first-order chi connectivity index (χ1) is 16.0. The molecule has 2 N–H and O–H groups in total. The molecule has 2 aliphatic heterocycles. The summed E-state index contributed by atoms with van der Waals surface area (Å²) in [5, 5.41) is 11.6. The molecule has 2 aromatic carbocycles. The zero-order valence-corrected chi connectivity index (χ0v) is 19.4. The zero-order valence-electron chi connectivity index (χ0n) is 19.4.